The molecule has 0 spiro atoms. The number of amides is 1. The van der Waals surface area contributed by atoms with Gasteiger partial charge < -0.3 is 20.4 Å². The SMILES string of the molecule is CCNC(=NCC1CCN(Cc2nc(C)c(C)o2)CC1)NC1CCC(=O)NC1. The van der Waals surface area contributed by atoms with Crippen LogP contribution in [-0.4, -0.2) is 60.5 Å². The van der Waals surface area contributed by atoms with Crippen LogP contribution in [0.15, 0.2) is 9.41 Å². The molecule has 156 valence electrons. The number of carbonyl (C=O) groups is 1. The van der Waals surface area contributed by atoms with Gasteiger partial charge in [0.15, 0.2) is 5.96 Å². The Morgan fingerprint density at radius 1 is 1.32 bits per heavy atom. The zero-order valence-electron chi connectivity index (χ0n) is 17.4. The molecule has 1 amide bonds. The third-order valence-electron chi connectivity index (χ3n) is 5.60. The van der Waals surface area contributed by atoms with Crippen molar-refractivity contribution < 1.29 is 9.21 Å². The number of guanidine groups is 1. The van der Waals surface area contributed by atoms with Gasteiger partial charge in [0.1, 0.15) is 5.76 Å². The van der Waals surface area contributed by atoms with Gasteiger partial charge in [-0.2, -0.15) is 0 Å². The van der Waals surface area contributed by atoms with Crippen molar-refractivity contribution in [2.75, 3.05) is 32.7 Å². The first-order valence-corrected chi connectivity index (χ1v) is 10.5. The van der Waals surface area contributed by atoms with Crippen molar-refractivity contribution in [2.45, 2.75) is 59.0 Å². The lowest BCUT2D eigenvalue weighted by Gasteiger charge is -2.30. The number of hydrogen-bond donors (Lipinski definition) is 3. The summed E-state index contributed by atoms with van der Waals surface area (Å²) in [6.07, 6.45) is 3.72. The molecule has 8 nitrogen and oxygen atoms in total. The Kier molecular flexibility index (Phi) is 7.30. The van der Waals surface area contributed by atoms with Crippen molar-refractivity contribution in [1.29, 1.82) is 0 Å². The molecule has 28 heavy (non-hydrogen) atoms. The van der Waals surface area contributed by atoms with E-state index in [-0.39, 0.29) is 11.9 Å². The highest BCUT2D eigenvalue weighted by Crippen LogP contribution is 2.20. The second kappa shape index (κ2) is 9.91. The topological polar surface area (TPSA) is 94.8 Å². The highest BCUT2D eigenvalue weighted by Gasteiger charge is 2.22. The molecule has 2 saturated heterocycles. The summed E-state index contributed by atoms with van der Waals surface area (Å²) in [5.74, 6) is 3.34. The quantitative estimate of drug-likeness (QED) is 0.501. The number of aromatic nitrogens is 1. The minimum atomic E-state index is 0.141. The minimum Gasteiger partial charge on any atom is -0.444 e. The first-order valence-electron chi connectivity index (χ1n) is 10.5. The number of aliphatic imine (C=N–C) groups is 1. The monoisotopic (exact) mass is 390 g/mol. The van der Waals surface area contributed by atoms with Gasteiger partial charge in [0.25, 0.3) is 0 Å². The third-order valence-corrected chi connectivity index (χ3v) is 5.60. The van der Waals surface area contributed by atoms with Gasteiger partial charge in [0.05, 0.1) is 12.2 Å². The lowest BCUT2D eigenvalue weighted by molar-refractivity contribution is -0.122. The van der Waals surface area contributed by atoms with Crippen LogP contribution in [0.4, 0.5) is 0 Å². The number of piperidine rings is 2. The maximum absolute atomic E-state index is 11.3. The summed E-state index contributed by atoms with van der Waals surface area (Å²) in [6, 6.07) is 0.255. The average molecular weight is 391 g/mol. The molecule has 1 aromatic rings. The molecule has 3 N–H and O–H groups in total. The number of rotatable bonds is 6. The van der Waals surface area contributed by atoms with Gasteiger partial charge in [-0.25, -0.2) is 4.98 Å². The van der Waals surface area contributed by atoms with Gasteiger partial charge in [-0.3, -0.25) is 14.7 Å². The van der Waals surface area contributed by atoms with Crippen LogP contribution in [0.25, 0.3) is 0 Å². The molecule has 3 heterocycles. The van der Waals surface area contributed by atoms with Crippen molar-refractivity contribution in [3.8, 4) is 0 Å². The Morgan fingerprint density at radius 3 is 2.71 bits per heavy atom. The van der Waals surface area contributed by atoms with Gasteiger partial charge in [-0.15, -0.1) is 0 Å². The van der Waals surface area contributed by atoms with E-state index in [2.05, 4.69) is 32.8 Å². The predicted molar refractivity (Wildman–Crippen MR) is 109 cm³/mol. The lowest BCUT2D eigenvalue weighted by atomic mass is 9.97. The lowest BCUT2D eigenvalue weighted by Crippen LogP contribution is -2.51. The second-order valence-electron chi connectivity index (χ2n) is 7.87. The van der Waals surface area contributed by atoms with Crippen LogP contribution >= 0.6 is 0 Å². The number of likely N-dealkylation sites (tertiary alicyclic amines) is 1. The van der Waals surface area contributed by atoms with Crippen LogP contribution in [0.1, 0.15) is 50.0 Å². The molecule has 1 aromatic heterocycles. The van der Waals surface area contributed by atoms with E-state index < -0.39 is 0 Å². The first-order chi connectivity index (χ1) is 13.5. The number of aryl methyl sites for hydroxylation is 2. The molecule has 1 atom stereocenters. The van der Waals surface area contributed by atoms with Crippen LogP contribution in [-0.2, 0) is 11.3 Å². The van der Waals surface area contributed by atoms with E-state index in [1.54, 1.807) is 0 Å². The Morgan fingerprint density at radius 2 is 2.11 bits per heavy atom. The molecule has 0 radical (unpaired) electrons. The van der Waals surface area contributed by atoms with Crippen molar-refractivity contribution in [3.63, 3.8) is 0 Å². The molecule has 3 rings (SSSR count). The summed E-state index contributed by atoms with van der Waals surface area (Å²) < 4.78 is 5.71. The predicted octanol–water partition coefficient (Wildman–Crippen LogP) is 1.34. The summed E-state index contributed by atoms with van der Waals surface area (Å²) >= 11 is 0. The summed E-state index contributed by atoms with van der Waals surface area (Å²) in [5.41, 5.74) is 0.986. The smallest absolute Gasteiger partial charge is 0.220 e. The number of hydrogen-bond acceptors (Lipinski definition) is 5. The molecule has 2 aliphatic rings. The Hall–Kier alpha value is -2.09. The average Bonchev–Trinajstić information content (AvgIpc) is 3.00. The molecule has 1 unspecified atom stereocenters. The standard InChI is InChI=1S/C20H34N6O2/c1-4-21-20(25-17-5-6-18(27)22-12-17)23-11-16-7-9-26(10-8-16)13-19-24-14(2)15(3)28-19/h16-17H,4-13H2,1-3H3,(H,22,27)(H2,21,23,25). The Bertz CT molecular complexity index is 649. The zero-order chi connectivity index (χ0) is 19.9. The van der Waals surface area contributed by atoms with Gasteiger partial charge in [-0.1, -0.05) is 0 Å². The van der Waals surface area contributed by atoms with E-state index in [1.165, 1.54) is 0 Å². The van der Waals surface area contributed by atoms with Crippen LogP contribution in [0.2, 0.25) is 0 Å². The third kappa shape index (κ3) is 5.95. The molecule has 0 bridgehead atoms. The number of nitrogens with one attached hydrogen (secondary N) is 3. The molecular formula is C20H34N6O2. The van der Waals surface area contributed by atoms with Crippen LogP contribution in [0, 0.1) is 19.8 Å². The fraction of sp³-hybridized carbons (Fsp3) is 0.750. The van der Waals surface area contributed by atoms with Crippen molar-refractivity contribution in [1.82, 2.24) is 25.8 Å². The largest absolute Gasteiger partial charge is 0.444 e. The van der Waals surface area contributed by atoms with Gasteiger partial charge >= 0.3 is 0 Å². The first kappa shape index (κ1) is 20.6. The molecule has 2 fully saturated rings. The van der Waals surface area contributed by atoms with Crippen molar-refractivity contribution >= 4 is 11.9 Å². The summed E-state index contributed by atoms with van der Waals surface area (Å²) in [4.78, 5) is 23.0. The molecule has 0 aliphatic carbocycles. The second-order valence-corrected chi connectivity index (χ2v) is 7.87. The Labute approximate surface area is 167 Å². The van der Waals surface area contributed by atoms with Crippen molar-refractivity contribution in [3.05, 3.63) is 17.3 Å². The van der Waals surface area contributed by atoms with Crippen LogP contribution < -0.4 is 16.0 Å². The maximum atomic E-state index is 11.3. The number of nitrogens with zero attached hydrogens (tertiary/aromatic N) is 3. The molecular weight excluding hydrogens is 356 g/mol. The van der Waals surface area contributed by atoms with Gasteiger partial charge in [-0.05, 0) is 59.0 Å². The molecule has 0 aromatic carbocycles. The van der Waals surface area contributed by atoms with E-state index in [1.807, 2.05) is 13.8 Å². The maximum Gasteiger partial charge on any atom is 0.220 e. The Balaban J connectivity index is 1.43. The zero-order valence-corrected chi connectivity index (χ0v) is 17.4. The molecule has 2 aliphatic heterocycles. The summed E-state index contributed by atoms with van der Waals surface area (Å²) in [5, 5.41) is 9.70. The van der Waals surface area contributed by atoms with E-state index in [4.69, 9.17) is 9.41 Å². The van der Waals surface area contributed by atoms with Crippen LogP contribution in [0.3, 0.4) is 0 Å². The number of oxazole rings is 1. The normalized spacial score (nSPS) is 22.2. The van der Waals surface area contributed by atoms with E-state index in [0.717, 1.165) is 75.3 Å². The molecule has 8 heteroatoms. The van der Waals surface area contributed by atoms with Gasteiger partial charge in [0.2, 0.25) is 11.8 Å². The fourth-order valence-electron chi connectivity index (χ4n) is 3.71. The van der Waals surface area contributed by atoms with Crippen molar-refractivity contribution in [2.24, 2.45) is 10.9 Å². The fourth-order valence-corrected chi connectivity index (χ4v) is 3.71. The van der Waals surface area contributed by atoms with E-state index in [0.29, 0.717) is 18.9 Å². The van der Waals surface area contributed by atoms with E-state index >= 15 is 0 Å². The minimum absolute atomic E-state index is 0.141. The summed E-state index contributed by atoms with van der Waals surface area (Å²) in [6.45, 7) is 11.3. The van der Waals surface area contributed by atoms with Crippen LogP contribution in [0.5, 0.6) is 0 Å². The highest BCUT2D eigenvalue weighted by molar-refractivity contribution is 5.81. The summed E-state index contributed by atoms with van der Waals surface area (Å²) in [7, 11) is 0. The van der Waals surface area contributed by atoms with E-state index in [9.17, 15) is 4.79 Å². The number of carbonyl (C=O) groups excluding carboxylic acids is 1. The molecule has 0 saturated carbocycles. The van der Waals surface area contributed by atoms with Gasteiger partial charge in [0, 0.05) is 32.1 Å². The highest BCUT2D eigenvalue weighted by atomic mass is 16.4.